The van der Waals surface area contributed by atoms with E-state index >= 15 is 0 Å². The van der Waals surface area contributed by atoms with E-state index in [2.05, 4.69) is 22.3 Å². The number of para-hydroxylation sites is 3. The number of fused-ring (bicyclic) bond motifs is 1. The first-order valence-electron chi connectivity index (χ1n) is 12.0. The molecule has 2 aliphatic heterocycles. The number of anilines is 4. The molecule has 2 amide bonds. The van der Waals surface area contributed by atoms with E-state index in [9.17, 15) is 19.7 Å². The van der Waals surface area contributed by atoms with E-state index in [0.29, 0.717) is 37.6 Å². The first-order chi connectivity index (χ1) is 17.4. The van der Waals surface area contributed by atoms with Gasteiger partial charge in [-0.3, -0.25) is 19.7 Å². The molecule has 0 bridgehead atoms. The molecule has 0 aliphatic carbocycles. The lowest BCUT2D eigenvalue weighted by atomic mass is 10.1. The van der Waals surface area contributed by atoms with Gasteiger partial charge in [0, 0.05) is 57.0 Å². The van der Waals surface area contributed by atoms with Crippen molar-refractivity contribution in [1.29, 1.82) is 0 Å². The smallest absolute Gasteiger partial charge is 0.293 e. The quantitative estimate of drug-likeness (QED) is 0.429. The van der Waals surface area contributed by atoms with Gasteiger partial charge in [-0.1, -0.05) is 30.3 Å². The SMILES string of the molecule is CC(=O)N1CCN(c2ccc(C(=O)Nc3ccccc3N3CCc4ccccc43)cc2[N+](=O)[O-])CC1. The van der Waals surface area contributed by atoms with E-state index in [0.717, 1.165) is 24.3 Å². The Morgan fingerprint density at radius 2 is 1.56 bits per heavy atom. The van der Waals surface area contributed by atoms with Crippen LogP contribution in [-0.4, -0.2) is 54.4 Å². The maximum atomic E-state index is 13.2. The molecule has 184 valence electrons. The Labute approximate surface area is 209 Å². The summed E-state index contributed by atoms with van der Waals surface area (Å²) in [5.41, 5.74) is 4.44. The molecule has 0 saturated carbocycles. The molecule has 3 aromatic carbocycles. The number of nitro benzene ring substituents is 1. The predicted molar refractivity (Wildman–Crippen MR) is 139 cm³/mol. The third kappa shape index (κ3) is 4.47. The minimum atomic E-state index is -0.460. The van der Waals surface area contributed by atoms with Gasteiger partial charge in [0.05, 0.1) is 16.3 Å². The molecule has 9 heteroatoms. The number of benzene rings is 3. The highest BCUT2D eigenvalue weighted by atomic mass is 16.6. The van der Waals surface area contributed by atoms with Crippen molar-refractivity contribution in [2.45, 2.75) is 13.3 Å². The average molecular weight is 486 g/mol. The molecule has 2 aliphatic rings. The molecule has 1 fully saturated rings. The average Bonchev–Trinajstić information content (AvgIpc) is 3.32. The van der Waals surface area contributed by atoms with Crippen LogP contribution in [0.15, 0.2) is 66.7 Å². The van der Waals surface area contributed by atoms with Crippen LogP contribution in [0.5, 0.6) is 0 Å². The number of piperazine rings is 1. The zero-order valence-electron chi connectivity index (χ0n) is 20.0. The minimum Gasteiger partial charge on any atom is -0.362 e. The minimum absolute atomic E-state index is 0.00568. The Balaban J connectivity index is 1.38. The zero-order valence-corrected chi connectivity index (χ0v) is 20.0. The van der Waals surface area contributed by atoms with E-state index in [1.807, 2.05) is 41.3 Å². The van der Waals surface area contributed by atoms with E-state index in [1.165, 1.54) is 18.6 Å². The third-order valence-corrected chi connectivity index (χ3v) is 6.83. The number of nitro groups is 1. The van der Waals surface area contributed by atoms with Gasteiger partial charge in [-0.15, -0.1) is 0 Å². The second-order valence-corrected chi connectivity index (χ2v) is 8.96. The maximum Gasteiger partial charge on any atom is 0.293 e. The van der Waals surface area contributed by atoms with Crippen molar-refractivity contribution in [2.24, 2.45) is 0 Å². The van der Waals surface area contributed by atoms with Gasteiger partial charge in [-0.2, -0.15) is 0 Å². The number of hydrogen-bond donors (Lipinski definition) is 1. The highest BCUT2D eigenvalue weighted by Gasteiger charge is 2.27. The topological polar surface area (TPSA) is 99.0 Å². The van der Waals surface area contributed by atoms with E-state index in [1.54, 1.807) is 17.0 Å². The van der Waals surface area contributed by atoms with Gasteiger partial charge in [0.25, 0.3) is 11.6 Å². The largest absolute Gasteiger partial charge is 0.362 e. The number of carbonyl (C=O) groups excluding carboxylic acids is 2. The molecule has 3 aromatic rings. The van der Waals surface area contributed by atoms with Crippen molar-refractivity contribution in [3.63, 3.8) is 0 Å². The first kappa shape index (κ1) is 23.3. The lowest BCUT2D eigenvalue weighted by Gasteiger charge is -2.35. The lowest BCUT2D eigenvalue weighted by molar-refractivity contribution is -0.384. The first-order valence-corrected chi connectivity index (χ1v) is 12.0. The molecule has 9 nitrogen and oxygen atoms in total. The molecular formula is C27H27N5O4. The highest BCUT2D eigenvalue weighted by molar-refractivity contribution is 6.07. The molecule has 1 saturated heterocycles. The second-order valence-electron chi connectivity index (χ2n) is 8.96. The van der Waals surface area contributed by atoms with Crippen LogP contribution in [0.1, 0.15) is 22.8 Å². The number of carbonyl (C=O) groups is 2. The summed E-state index contributed by atoms with van der Waals surface area (Å²) in [7, 11) is 0. The number of amides is 2. The number of hydrogen-bond acceptors (Lipinski definition) is 6. The van der Waals surface area contributed by atoms with Gasteiger partial charge in [0.2, 0.25) is 5.91 Å². The standard InChI is InChI=1S/C27H27N5O4/c1-19(33)29-14-16-30(17-15-29)25-11-10-21(18-26(25)32(35)36)27(34)28-22-7-3-5-9-24(22)31-13-12-20-6-2-4-8-23(20)31/h2-11,18H,12-17H2,1H3,(H,28,34). The Morgan fingerprint density at radius 1 is 0.861 bits per heavy atom. The van der Waals surface area contributed by atoms with E-state index in [-0.39, 0.29) is 17.2 Å². The normalized spacial score (nSPS) is 15.0. The molecule has 2 heterocycles. The predicted octanol–water partition coefficient (Wildman–Crippen LogP) is 4.21. The van der Waals surface area contributed by atoms with Gasteiger partial charge in [0.1, 0.15) is 5.69 Å². The summed E-state index contributed by atoms with van der Waals surface area (Å²) in [6.07, 6.45) is 0.923. The molecule has 1 N–H and O–H groups in total. The van der Waals surface area contributed by atoms with Crippen molar-refractivity contribution >= 4 is 40.3 Å². The summed E-state index contributed by atoms with van der Waals surface area (Å²) in [6, 6.07) is 20.4. The molecule has 0 aromatic heterocycles. The zero-order chi connectivity index (χ0) is 25.2. The van der Waals surface area contributed by atoms with Crippen LogP contribution in [0.3, 0.4) is 0 Å². The summed E-state index contributed by atoms with van der Waals surface area (Å²) in [5, 5.41) is 14.8. The van der Waals surface area contributed by atoms with Crippen LogP contribution >= 0.6 is 0 Å². The molecule has 0 atom stereocenters. The third-order valence-electron chi connectivity index (χ3n) is 6.83. The van der Waals surface area contributed by atoms with Gasteiger partial charge in [-0.05, 0) is 42.3 Å². The molecule has 36 heavy (non-hydrogen) atoms. The second kappa shape index (κ2) is 9.69. The van der Waals surface area contributed by atoms with Gasteiger partial charge in [-0.25, -0.2) is 0 Å². The molecule has 0 spiro atoms. The van der Waals surface area contributed by atoms with E-state index < -0.39 is 10.8 Å². The van der Waals surface area contributed by atoms with E-state index in [4.69, 9.17) is 0 Å². The van der Waals surface area contributed by atoms with Crippen LogP contribution < -0.4 is 15.1 Å². The Kier molecular flexibility index (Phi) is 6.28. The summed E-state index contributed by atoms with van der Waals surface area (Å²) in [4.78, 5) is 42.0. The van der Waals surface area contributed by atoms with Crippen molar-refractivity contribution in [2.75, 3.05) is 47.8 Å². The van der Waals surface area contributed by atoms with Crippen LogP contribution in [0.25, 0.3) is 0 Å². The van der Waals surface area contributed by atoms with Crippen molar-refractivity contribution in [1.82, 2.24) is 4.90 Å². The Bertz CT molecular complexity index is 1330. The molecular weight excluding hydrogens is 458 g/mol. The van der Waals surface area contributed by atoms with Gasteiger partial charge < -0.3 is 20.0 Å². The van der Waals surface area contributed by atoms with Crippen LogP contribution in [0, 0.1) is 10.1 Å². The van der Waals surface area contributed by atoms with Crippen LogP contribution in [0.2, 0.25) is 0 Å². The number of rotatable bonds is 5. The van der Waals surface area contributed by atoms with Crippen molar-refractivity contribution in [3.05, 3.63) is 88.0 Å². The fourth-order valence-electron chi connectivity index (χ4n) is 4.94. The maximum absolute atomic E-state index is 13.2. The number of nitrogens with one attached hydrogen (secondary N) is 1. The van der Waals surface area contributed by atoms with Crippen molar-refractivity contribution in [3.8, 4) is 0 Å². The molecule has 0 radical (unpaired) electrons. The van der Waals surface area contributed by atoms with Crippen molar-refractivity contribution < 1.29 is 14.5 Å². The summed E-state index contributed by atoms with van der Waals surface area (Å²) in [6.45, 7) is 4.33. The molecule has 0 unspecified atom stereocenters. The summed E-state index contributed by atoms with van der Waals surface area (Å²) in [5.74, 6) is -0.417. The fraction of sp³-hybridized carbons (Fsp3) is 0.259. The molecule has 5 rings (SSSR count). The monoisotopic (exact) mass is 485 g/mol. The highest BCUT2D eigenvalue weighted by Crippen LogP contribution is 2.38. The van der Waals surface area contributed by atoms with Crippen LogP contribution in [0.4, 0.5) is 28.4 Å². The lowest BCUT2D eigenvalue weighted by Crippen LogP contribution is -2.48. The summed E-state index contributed by atoms with van der Waals surface area (Å²) < 4.78 is 0. The summed E-state index contributed by atoms with van der Waals surface area (Å²) >= 11 is 0. The fourth-order valence-corrected chi connectivity index (χ4v) is 4.94. The Hall–Kier alpha value is -4.40. The van der Waals surface area contributed by atoms with Gasteiger partial charge in [0.15, 0.2) is 0 Å². The number of nitrogens with zero attached hydrogens (tertiary/aromatic N) is 4. The van der Waals surface area contributed by atoms with Crippen LogP contribution in [-0.2, 0) is 11.2 Å². The van der Waals surface area contributed by atoms with Gasteiger partial charge >= 0.3 is 0 Å². The Morgan fingerprint density at radius 3 is 2.28 bits per heavy atom.